The lowest BCUT2D eigenvalue weighted by atomic mass is 10.1. The average Bonchev–Trinajstić information content (AvgIpc) is 2.94. The molecule has 0 radical (unpaired) electrons. The minimum atomic E-state index is -0.162. The first-order valence-electron chi connectivity index (χ1n) is 6.79. The van der Waals surface area contributed by atoms with Crippen LogP contribution in [0.5, 0.6) is 0 Å². The number of rotatable bonds is 5. The lowest BCUT2D eigenvalue weighted by Crippen LogP contribution is -2.50. The number of aromatic nitrogens is 2. The maximum Gasteiger partial charge on any atom is 0.254 e. The number of amides is 1. The summed E-state index contributed by atoms with van der Waals surface area (Å²) < 4.78 is 11.3. The lowest BCUT2D eigenvalue weighted by Gasteiger charge is -2.31. The van der Waals surface area contributed by atoms with Gasteiger partial charge in [0.1, 0.15) is 0 Å². The van der Waals surface area contributed by atoms with Crippen LogP contribution in [-0.4, -0.2) is 48.1 Å². The van der Waals surface area contributed by atoms with Crippen molar-refractivity contribution in [1.82, 2.24) is 15.5 Å². The van der Waals surface area contributed by atoms with Gasteiger partial charge in [0.15, 0.2) is 0 Å². The molecule has 2 rings (SSSR count). The van der Waals surface area contributed by atoms with Gasteiger partial charge in [-0.3, -0.25) is 9.89 Å². The van der Waals surface area contributed by atoms with Crippen molar-refractivity contribution < 1.29 is 14.3 Å². The molecular formula is C14H21N3O3. The molecule has 0 unspecified atom stereocenters. The molecule has 1 saturated heterocycles. The van der Waals surface area contributed by atoms with Gasteiger partial charge in [0.2, 0.25) is 0 Å². The van der Waals surface area contributed by atoms with Crippen molar-refractivity contribution in [2.45, 2.75) is 32.4 Å². The normalized spacial score (nSPS) is 22.3. The molecule has 1 aromatic rings. The van der Waals surface area contributed by atoms with E-state index in [9.17, 15) is 4.79 Å². The Labute approximate surface area is 118 Å². The molecule has 1 aromatic heterocycles. The minimum Gasteiger partial charge on any atom is -0.379 e. The molecule has 1 aliphatic heterocycles. The fourth-order valence-corrected chi connectivity index (χ4v) is 2.02. The van der Waals surface area contributed by atoms with Crippen LogP contribution in [-0.2, 0) is 9.47 Å². The molecule has 6 heteroatoms. The number of nitrogens with zero attached hydrogens (tertiary/aromatic N) is 1. The number of hydrogen-bond acceptors (Lipinski definition) is 4. The smallest absolute Gasteiger partial charge is 0.254 e. The molecular weight excluding hydrogens is 258 g/mol. The van der Waals surface area contributed by atoms with E-state index in [0.717, 1.165) is 6.42 Å². The van der Waals surface area contributed by atoms with E-state index >= 15 is 0 Å². The van der Waals surface area contributed by atoms with E-state index < -0.39 is 0 Å². The van der Waals surface area contributed by atoms with Crippen LogP contribution in [0, 0.1) is 0 Å². The van der Waals surface area contributed by atoms with Gasteiger partial charge in [-0.2, -0.15) is 5.10 Å². The Morgan fingerprint density at radius 2 is 2.50 bits per heavy atom. The minimum absolute atomic E-state index is 0.0183. The zero-order chi connectivity index (χ0) is 14.4. The Balaban J connectivity index is 1.89. The van der Waals surface area contributed by atoms with Crippen molar-refractivity contribution >= 4 is 5.91 Å². The zero-order valence-corrected chi connectivity index (χ0v) is 11.9. The van der Waals surface area contributed by atoms with Crippen LogP contribution < -0.4 is 5.32 Å². The molecule has 110 valence electrons. The molecule has 0 spiro atoms. The van der Waals surface area contributed by atoms with Crippen LogP contribution in [0.15, 0.2) is 24.0 Å². The number of allylic oxidation sites excluding steroid dienone is 1. The number of carbonyl (C=O) groups is 1. The summed E-state index contributed by atoms with van der Waals surface area (Å²) >= 11 is 0. The Bertz CT molecular complexity index is 452. The zero-order valence-electron chi connectivity index (χ0n) is 11.9. The maximum atomic E-state index is 12.0. The highest BCUT2D eigenvalue weighted by Crippen LogP contribution is 2.13. The summed E-state index contributed by atoms with van der Waals surface area (Å²) in [6, 6.07) is -0.128. The van der Waals surface area contributed by atoms with Crippen LogP contribution in [0.4, 0.5) is 0 Å². The highest BCUT2D eigenvalue weighted by molar-refractivity contribution is 5.93. The second-order valence-corrected chi connectivity index (χ2v) is 5.08. The van der Waals surface area contributed by atoms with Crippen molar-refractivity contribution in [1.29, 1.82) is 0 Å². The van der Waals surface area contributed by atoms with Crippen LogP contribution in [0.3, 0.4) is 0 Å². The highest BCUT2D eigenvalue weighted by atomic mass is 16.5. The van der Waals surface area contributed by atoms with E-state index in [1.807, 2.05) is 19.9 Å². The first-order chi connectivity index (χ1) is 9.66. The number of carbonyl (C=O) groups excluding carboxylic acids is 1. The van der Waals surface area contributed by atoms with E-state index in [-0.39, 0.29) is 18.1 Å². The Morgan fingerprint density at radius 3 is 3.20 bits per heavy atom. The predicted molar refractivity (Wildman–Crippen MR) is 74.4 cm³/mol. The van der Waals surface area contributed by atoms with Crippen molar-refractivity contribution in [3.05, 3.63) is 29.6 Å². The largest absolute Gasteiger partial charge is 0.379 e. The number of nitrogens with one attached hydrogen (secondary N) is 2. The third kappa shape index (κ3) is 4.18. The van der Waals surface area contributed by atoms with Gasteiger partial charge in [0.05, 0.1) is 37.1 Å². The molecule has 1 fully saturated rings. The first kappa shape index (κ1) is 14.7. The van der Waals surface area contributed by atoms with Gasteiger partial charge in [-0.15, -0.1) is 0 Å². The van der Waals surface area contributed by atoms with Gasteiger partial charge >= 0.3 is 0 Å². The SMILES string of the molecule is CC(C)=CCO[C@H]1CCOC[C@H]1NC(=O)c1cn[nH]c1. The number of aromatic amines is 1. The van der Waals surface area contributed by atoms with Gasteiger partial charge in [-0.05, 0) is 20.3 Å². The summed E-state index contributed by atoms with van der Waals surface area (Å²) in [5, 5.41) is 9.33. The molecule has 2 heterocycles. The van der Waals surface area contributed by atoms with Crippen LogP contribution in [0.2, 0.25) is 0 Å². The third-order valence-corrected chi connectivity index (χ3v) is 3.17. The van der Waals surface area contributed by atoms with Crippen molar-refractivity contribution in [3.63, 3.8) is 0 Å². The molecule has 0 aromatic carbocycles. The summed E-state index contributed by atoms with van der Waals surface area (Å²) in [6.07, 6.45) is 5.86. The number of hydrogen-bond donors (Lipinski definition) is 2. The monoisotopic (exact) mass is 279 g/mol. The van der Waals surface area contributed by atoms with Crippen LogP contribution in [0.25, 0.3) is 0 Å². The molecule has 0 aliphatic carbocycles. The Kier molecular flexibility index (Phi) is 5.31. The summed E-state index contributed by atoms with van der Waals surface area (Å²) in [6.45, 7) is 5.77. The fourth-order valence-electron chi connectivity index (χ4n) is 2.02. The molecule has 1 amide bonds. The maximum absolute atomic E-state index is 12.0. The molecule has 1 aliphatic rings. The van der Waals surface area contributed by atoms with Crippen molar-refractivity contribution in [3.8, 4) is 0 Å². The van der Waals surface area contributed by atoms with Crippen molar-refractivity contribution in [2.75, 3.05) is 19.8 Å². The Hall–Kier alpha value is -1.66. The number of H-pyrrole nitrogens is 1. The molecule has 6 nitrogen and oxygen atoms in total. The highest BCUT2D eigenvalue weighted by Gasteiger charge is 2.28. The lowest BCUT2D eigenvalue weighted by molar-refractivity contribution is -0.0457. The molecule has 20 heavy (non-hydrogen) atoms. The standard InChI is InChI=1S/C14H21N3O3/c1-10(2)3-6-20-13-4-5-19-9-12(13)17-14(18)11-7-15-16-8-11/h3,7-8,12-13H,4-6,9H2,1-2H3,(H,15,16)(H,17,18)/t12-,13+/m1/s1. The summed E-state index contributed by atoms with van der Waals surface area (Å²) in [4.78, 5) is 12.0. The third-order valence-electron chi connectivity index (χ3n) is 3.17. The summed E-state index contributed by atoms with van der Waals surface area (Å²) in [7, 11) is 0. The van der Waals surface area contributed by atoms with Gasteiger partial charge in [-0.25, -0.2) is 0 Å². The van der Waals surface area contributed by atoms with E-state index in [4.69, 9.17) is 9.47 Å². The fraction of sp³-hybridized carbons (Fsp3) is 0.571. The van der Waals surface area contributed by atoms with E-state index in [2.05, 4.69) is 15.5 Å². The van der Waals surface area contributed by atoms with Gasteiger partial charge in [0.25, 0.3) is 5.91 Å². The van der Waals surface area contributed by atoms with Gasteiger partial charge < -0.3 is 14.8 Å². The van der Waals surface area contributed by atoms with Gasteiger partial charge in [-0.1, -0.05) is 11.6 Å². The summed E-state index contributed by atoms with van der Waals surface area (Å²) in [5.74, 6) is -0.162. The van der Waals surface area contributed by atoms with Gasteiger partial charge in [0, 0.05) is 12.8 Å². The second-order valence-electron chi connectivity index (χ2n) is 5.08. The Morgan fingerprint density at radius 1 is 1.65 bits per heavy atom. The van der Waals surface area contributed by atoms with Crippen LogP contribution >= 0.6 is 0 Å². The van der Waals surface area contributed by atoms with Crippen molar-refractivity contribution in [2.24, 2.45) is 0 Å². The van der Waals surface area contributed by atoms with Crippen LogP contribution in [0.1, 0.15) is 30.6 Å². The topological polar surface area (TPSA) is 76.2 Å². The molecule has 0 bridgehead atoms. The quantitative estimate of drug-likeness (QED) is 0.796. The molecule has 2 atom stereocenters. The number of ether oxygens (including phenoxy) is 2. The predicted octanol–water partition coefficient (Wildman–Crippen LogP) is 1.28. The van der Waals surface area contributed by atoms with E-state index in [0.29, 0.717) is 25.4 Å². The first-order valence-corrected chi connectivity index (χ1v) is 6.79. The second kappa shape index (κ2) is 7.21. The van der Waals surface area contributed by atoms with E-state index in [1.54, 1.807) is 6.20 Å². The van der Waals surface area contributed by atoms with E-state index in [1.165, 1.54) is 11.8 Å². The molecule has 0 saturated carbocycles. The average molecular weight is 279 g/mol. The summed E-state index contributed by atoms with van der Waals surface area (Å²) in [5.41, 5.74) is 1.73. The molecule has 2 N–H and O–H groups in total.